The molecule has 1 spiro atoms. The molecule has 3 heterocycles. The summed E-state index contributed by atoms with van der Waals surface area (Å²) in [4.78, 5) is 28.1. The summed E-state index contributed by atoms with van der Waals surface area (Å²) in [5, 5.41) is 4.53. The number of carbonyl (C=O) groups is 2. The van der Waals surface area contributed by atoms with Crippen molar-refractivity contribution in [1.29, 1.82) is 0 Å². The largest absolute Gasteiger partial charge is 0.439 e. The third-order valence-electron chi connectivity index (χ3n) is 5.27. The van der Waals surface area contributed by atoms with Gasteiger partial charge >= 0.3 is 6.09 Å². The fourth-order valence-corrected chi connectivity index (χ4v) is 4.12. The fraction of sp³-hybridized carbons (Fsp3) is 0.688. The van der Waals surface area contributed by atoms with Crippen molar-refractivity contribution in [2.45, 2.75) is 37.7 Å². The minimum Gasteiger partial charge on any atom is -0.439 e. The van der Waals surface area contributed by atoms with E-state index in [0.717, 1.165) is 42.6 Å². The van der Waals surface area contributed by atoms with Crippen LogP contribution in [0, 0.1) is 0 Å². The van der Waals surface area contributed by atoms with E-state index in [1.165, 1.54) is 0 Å². The van der Waals surface area contributed by atoms with Gasteiger partial charge in [-0.1, -0.05) is 0 Å². The minimum absolute atomic E-state index is 0.0191. The lowest BCUT2D eigenvalue weighted by molar-refractivity contribution is 0.0547. The van der Waals surface area contributed by atoms with Crippen LogP contribution >= 0.6 is 0 Å². The van der Waals surface area contributed by atoms with Gasteiger partial charge in [-0.25, -0.2) is 4.79 Å². The first-order chi connectivity index (χ1) is 11.0. The number of likely N-dealkylation sites (tertiary alicyclic amines) is 1. The number of hydrogen-bond donors (Lipinski definition) is 0. The average molecular weight is 318 g/mol. The molecular formula is C16H22N4O3. The highest BCUT2D eigenvalue weighted by molar-refractivity contribution is 5.94. The summed E-state index contributed by atoms with van der Waals surface area (Å²) in [7, 11) is 3.58. The molecule has 124 valence electrons. The quantitative estimate of drug-likeness (QED) is 0.774. The number of fused-ring (bicyclic) bond motifs is 1. The smallest absolute Gasteiger partial charge is 0.410 e. The molecule has 0 saturated carbocycles. The number of nitrogens with zero attached hydrogens (tertiary/aromatic N) is 4. The number of aryl methyl sites for hydroxylation is 2. The normalized spacial score (nSPS) is 26.8. The van der Waals surface area contributed by atoms with E-state index in [1.54, 1.807) is 16.6 Å². The lowest BCUT2D eigenvalue weighted by Crippen LogP contribution is -2.39. The summed E-state index contributed by atoms with van der Waals surface area (Å²) in [6.45, 7) is 1.65. The van der Waals surface area contributed by atoms with Crippen LogP contribution in [0.25, 0.3) is 0 Å². The summed E-state index contributed by atoms with van der Waals surface area (Å²) in [5.41, 5.74) is 2.38. The Kier molecular flexibility index (Phi) is 3.14. The first-order valence-electron chi connectivity index (χ1n) is 8.27. The molecule has 2 aliphatic heterocycles. The third kappa shape index (κ3) is 2.21. The Hall–Kier alpha value is -2.05. The second-order valence-electron chi connectivity index (χ2n) is 6.99. The van der Waals surface area contributed by atoms with Crippen molar-refractivity contribution < 1.29 is 14.3 Å². The van der Waals surface area contributed by atoms with Gasteiger partial charge in [0.2, 0.25) is 0 Å². The molecule has 0 bridgehead atoms. The molecule has 0 radical (unpaired) electrons. The number of amides is 2. The maximum Gasteiger partial charge on any atom is 0.410 e. The maximum absolute atomic E-state index is 13.0. The molecule has 1 atom stereocenters. The molecule has 2 amide bonds. The van der Waals surface area contributed by atoms with Gasteiger partial charge in [-0.15, -0.1) is 0 Å². The number of carbonyl (C=O) groups excluding carboxylic acids is 2. The zero-order chi connectivity index (χ0) is 16.2. The van der Waals surface area contributed by atoms with E-state index in [1.807, 2.05) is 11.9 Å². The van der Waals surface area contributed by atoms with E-state index >= 15 is 0 Å². The second-order valence-corrected chi connectivity index (χ2v) is 6.99. The summed E-state index contributed by atoms with van der Waals surface area (Å²) in [6.07, 6.45) is 4.56. The molecule has 0 aromatic carbocycles. The summed E-state index contributed by atoms with van der Waals surface area (Å²) >= 11 is 0. The Labute approximate surface area is 135 Å². The Morgan fingerprint density at radius 2 is 2.00 bits per heavy atom. The van der Waals surface area contributed by atoms with Gasteiger partial charge in [-0.05, 0) is 25.7 Å². The Bertz CT molecular complexity index is 683. The summed E-state index contributed by atoms with van der Waals surface area (Å²) < 4.78 is 7.27. The molecule has 7 nitrogen and oxygen atoms in total. The zero-order valence-electron chi connectivity index (χ0n) is 13.7. The van der Waals surface area contributed by atoms with Crippen LogP contribution in [0.2, 0.25) is 0 Å². The number of ether oxygens (including phenoxy) is 1. The molecule has 0 unspecified atom stereocenters. The van der Waals surface area contributed by atoms with Gasteiger partial charge in [-0.2, -0.15) is 5.10 Å². The molecule has 23 heavy (non-hydrogen) atoms. The Balaban J connectivity index is 1.57. The van der Waals surface area contributed by atoms with Crippen molar-refractivity contribution in [3.63, 3.8) is 0 Å². The number of likely N-dealkylation sites (N-methyl/N-ethyl adjacent to an activating group) is 1. The molecule has 2 fully saturated rings. The average Bonchev–Trinajstić information content (AvgIpc) is 3.15. The second kappa shape index (κ2) is 4.97. The van der Waals surface area contributed by atoms with Crippen LogP contribution in [0.1, 0.15) is 41.0 Å². The van der Waals surface area contributed by atoms with E-state index in [9.17, 15) is 9.59 Å². The van der Waals surface area contributed by atoms with E-state index in [-0.39, 0.29) is 12.0 Å². The lowest BCUT2D eigenvalue weighted by atomic mass is 9.95. The highest BCUT2D eigenvalue weighted by Gasteiger charge is 2.50. The molecular weight excluding hydrogens is 296 g/mol. The molecule has 1 aromatic heterocycles. The first kappa shape index (κ1) is 14.5. The van der Waals surface area contributed by atoms with E-state index in [0.29, 0.717) is 26.1 Å². The van der Waals surface area contributed by atoms with E-state index in [2.05, 4.69) is 5.10 Å². The Morgan fingerprint density at radius 3 is 2.74 bits per heavy atom. The minimum atomic E-state index is -0.528. The number of hydrogen-bond acceptors (Lipinski definition) is 4. The topological polar surface area (TPSA) is 67.7 Å². The molecule has 4 rings (SSSR count). The summed E-state index contributed by atoms with van der Waals surface area (Å²) in [6, 6.07) is 0. The Morgan fingerprint density at radius 1 is 1.22 bits per heavy atom. The fourth-order valence-electron chi connectivity index (χ4n) is 4.12. The predicted octanol–water partition coefficient (Wildman–Crippen LogP) is 0.966. The first-order valence-corrected chi connectivity index (χ1v) is 8.27. The van der Waals surface area contributed by atoms with Crippen molar-refractivity contribution in [2.24, 2.45) is 7.05 Å². The van der Waals surface area contributed by atoms with Crippen molar-refractivity contribution in [2.75, 3.05) is 26.7 Å². The van der Waals surface area contributed by atoms with Crippen LogP contribution in [-0.2, 0) is 24.6 Å². The molecule has 2 saturated heterocycles. The lowest BCUT2D eigenvalue weighted by Gasteiger charge is -2.22. The molecule has 1 aliphatic carbocycles. The maximum atomic E-state index is 13.0. The predicted molar refractivity (Wildman–Crippen MR) is 82.2 cm³/mol. The van der Waals surface area contributed by atoms with Crippen LogP contribution in [-0.4, -0.2) is 63.9 Å². The van der Waals surface area contributed by atoms with Crippen LogP contribution in [0.3, 0.4) is 0 Å². The van der Waals surface area contributed by atoms with Gasteiger partial charge in [0.15, 0.2) is 5.60 Å². The zero-order valence-corrected chi connectivity index (χ0v) is 13.7. The van der Waals surface area contributed by atoms with Crippen molar-refractivity contribution in [3.05, 3.63) is 17.0 Å². The molecule has 0 N–H and O–H groups in total. The van der Waals surface area contributed by atoms with Gasteiger partial charge < -0.3 is 14.5 Å². The number of aromatic nitrogens is 2. The van der Waals surface area contributed by atoms with Gasteiger partial charge in [-0.3, -0.25) is 9.48 Å². The highest BCUT2D eigenvalue weighted by atomic mass is 16.6. The number of rotatable bonds is 1. The van der Waals surface area contributed by atoms with Crippen LogP contribution in [0.4, 0.5) is 4.79 Å². The monoisotopic (exact) mass is 318 g/mol. The van der Waals surface area contributed by atoms with Gasteiger partial charge in [0.25, 0.3) is 5.91 Å². The van der Waals surface area contributed by atoms with Gasteiger partial charge in [0.05, 0.1) is 18.8 Å². The van der Waals surface area contributed by atoms with Gasteiger partial charge in [0.1, 0.15) is 5.69 Å². The van der Waals surface area contributed by atoms with Gasteiger partial charge in [0, 0.05) is 32.6 Å². The van der Waals surface area contributed by atoms with Crippen molar-refractivity contribution in [1.82, 2.24) is 19.6 Å². The van der Waals surface area contributed by atoms with E-state index in [4.69, 9.17) is 4.74 Å². The molecule has 7 heteroatoms. The molecule has 1 aromatic rings. The van der Waals surface area contributed by atoms with E-state index < -0.39 is 5.60 Å². The SMILES string of the molecule is CN1C[C@]2(CCN(C(=O)c3c4c(nn3C)CCCC4)C2)OC1=O. The van der Waals surface area contributed by atoms with Crippen LogP contribution < -0.4 is 0 Å². The highest BCUT2D eigenvalue weighted by Crippen LogP contribution is 2.33. The van der Waals surface area contributed by atoms with Crippen molar-refractivity contribution in [3.8, 4) is 0 Å². The van der Waals surface area contributed by atoms with Crippen LogP contribution in [0.5, 0.6) is 0 Å². The van der Waals surface area contributed by atoms with Crippen LogP contribution in [0.15, 0.2) is 0 Å². The standard InChI is InChI=1S/C16H22N4O3/c1-18-9-16(23-15(18)22)7-8-20(10-16)14(21)13-11-5-3-4-6-12(11)17-19(13)2/h3-10H2,1-2H3/t16-/m0/s1. The van der Waals surface area contributed by atoms with Crippen molar-refractivity contribution >= 4 is 12.0 Å². The summed E-state index contributed by atoms with van der Waals surface area (Å²) in [5.74, 6) is 0.0191. The third-order valence-corrected chi connectivity index (χ3v) is 5.27. The molecule has 3 aliphatic rings.